The number of benzene rings is 3. The molecular formula is C23H17FO4. The normalized spacial score (nSPS) is 16.0. The molecule has 0 fully saturated rings. The molecule has 4 nitrogen and oxygen atoms in total. The summed E-state index contributed by atoms with van der Waals surface area (Å²) < 4.78 is 30.4. The predicted octanol–water partition coefficient (Wildman–Crippen LogP) is 5.02. The van der Waals surface area contributed by atoms with Crippen molar-refractivity contribution in [1.29, 1.82) is 0 Å². The van der Waals surface area contributed by atoms with E-state index in [9.17, 15) is 9.18 Å². The molecule has 1 atom stereocenters. The number of ether oxygens (including phenoxy) is 3. The lowest BCUT2D eigenvalue weighted by Crippen LogP contribution is -2.18. The van der Waals surface area contributed by atoms with Crippen molar-refractivity contribution in [3.05, 3.63) is 107 Å². The fraction of sp³-hybridized carbons (Fsp3) is 0.0870. The maximum Gasteiger partial charge on any atom is 0.337 e. The Kier molecular flexibility index (Phi) is 5.06. The van der Waals surface area contributed by atoms with Crippen molar-refractivity contribution in [2.75, 3.05) is 0 Å². The van der Waals surface area contributed by atoms with Gasteiger partial charge in [0.2, 0.25) is 0 Å². The van der Waals surface area contributed by atoms with E-state index in [1.165, 1.54) is 12.1 Å². The molecule has 0 saturated carbocycles. The van der Waals surface area contributed by atoms with Crippen molar-refractivity contribution in [3.8, 4) is 5.75 Å². The number of rotatable bonds is 5. The zero-order valence-corrected chi connectivity index (χ0v) is 14.9. The first kappa shape index (κ1) is 17.8. The lowest BCUT2D eigenvalue weighted by Gasteiger charge is -2.25. The van der Waals surface area contributed by atoms with Crippen molar-refractivity contribution < 1.29 is 23.4 Å². The number of hydrogen-bond acceptors (Lipinski definition) is 4. The molecule has 0 amide bonds. The van der Waals surface area contributed by atoms with Crippen LogP contribution in [0, 0.1) is 5.82 Å². The topological polar surface area (TPSA) is 44.8 Å². The molecule has 0 bridgehead atoms. The van der Waals surface area contributed by atoms with E-state index in [-0.39, 0.29) is 12.4 Å². The van der Waals surface area contributed by atoms with Crippen LogP contribution >= 0.6 is 0 Å². The monoisotopic (exact) mass is 376 g/mol. The number of carbonyl (C=O) groups excluding carboxylic acids is 1. The molecule has 0 N–H and O–H groups in total. The van der Waals surface area contributed by atoms with Gasteiger partial charge in [-0.15, -0.1) is 0 Å². The average molecular weight is 376 g/mol. The van der Waals surface area contributed by atoms with E-state index in [1.807, 2.05) is 30.3 Å². The summed E-state index contributed by atoms with van der Waals surface area (Å²) in [6, 6.07) is 22.8. The highest BCUT2D eigenvalue weighted by Crippen LogP contribution is 2.32. The number of carbonyl (C=O) groups is 1. The first-order valence-corrected chi connectivity index (χ1v) is 8.79. The van der Waals surface area contributed by atoms with Crippen molar-refractivity contribution in [2.45, 2.75) is 12.9 Å². The van der Waals surface area contributed by atoms with Gasteiger partial charge in [-0.25, -0.2) is 9.18 Å². The highest BCUT2D eigenvalue weighted by atomic mass is 19.1. The Morgan fingerprint density at radius 2 is 1.57 bits per heavy atom. The van der Waals surface area contributed by atoms with Crippen molar-refractivity contribution >= 4 is 11.7 Å². The minimum absolute atomic E-state index is 0.127. The Hall–Kier alpha value is -3.60. The van der Waals surface area contributed by atoms with Crippen LogP contribution in [0.2, 0.25) is 0 Å². The minimum Gasteiger partial charge on any atom is -0.489 e. The average Bonchev–Trinajstić information content (AvgIpc) is 2.74. The standard InChI is InChI=1S/C23H17FO4/c24-20-9-5-4-8-18(20)15-26-19-12-10-17(11-13-19)23-27-21(14-22(25)28-23)16-6-2-1-3-7-16/h1-14,23H,15H2/t23-/m0/s1. The van der Waals surface area contributed by atoms with Gasteiger partial charge in [-0.05, 0) is 30.3 Å². The smallest absolute Gasteiger partial charge is 0.337 e. The predicted molar refractivity (Wildman–Crippen MR) is 102 cm³/mol. The fourth-order valence-corrected chi connectivity index (χ4v) is 2.81. The van der Waals surface area contributed by atoms with Crippen molar-refractivity contribution in [1.82, 2.24) is 0 Å². The van der Waals surface area contributed by atoms with Gasteiger partial charge >= 0.3 is 5.97 Å². The molecule has 3 aromatic carbocycles. The van der Waals surface area contributed by atoms with E-state index in [4.69, 9.17) is 14.2 Å². The summed E-state index contributed by atoms with van der Waals surface area (Å²) in [6.45, 7) is 0.127. The first-order valence-electron chi connectivity index (χ1n) is 8.79. The van der Waals surface area contributed by atoms with Crippen LogP contribution in [0.3, 0.4) is 0 Å². The fourth-order valence-electron chi connectivity index (χ4n) is 2.81. The minimum atomic E-state index is -0.840. The van der Waals surface area contributed by atoms with Crippen LogP contribution in [0.4, 0.5) is 4.39 Å². The molecule has 0 saturated heterocycles. The van der Waals surface area contributed by atoms with E-state index in [2.05, 4.69) is 0 Å². The van der Waals surface area contributed by atoms with Crippen LogP contribution in [0.25, 0.3) is 5.76 Å². The summed E-state index contributed by atoms with van der Waals surface area (Å²) in [6.07, 6.45) is 0.492. The lowest BCUT2D eigenvalue weighted by atomic mass is 10.1. The van der Waals surface area contributed by atoms with Crippen LogP contribution < -0.4 is 4.74 Å². The molecular weight excluding hydrogens is 359 g/mol. The van der Waals surface area contributed by atoms with E-state index < -0.39 is 12.3 Å². The molecule has 140 valence electrons. The Labute approximate surface area is 161 Å². The van der Waals surface area contributed by atoms with Gasteiger partial charge in [-0.2, -0.15) is 0 Å². The number of hydrogen-bond donors (Lipinski definition) is 0. The molecule has 5 heteroatoms. The molecule has 0 unspecified atom stereocenters. The molecule has 1 heterocycles. The third-order valence-corrected chi connectivity index (χ3v) is 4.27. The number of halogens is 1. The van der Waals surface area contributed by atoms with Gasteiger partial charge in [0.1, 0.15) is 23.9 Å². The summed E-state index contributed by atoms with van der Waals surface area (Å²) in [5, 5.41) is 0. The lowest BCUT2D eigenvalue weighted by molar-refractivity contribution is -0.166. The molecule has 3 aromatic rings. The second kappa shape index (κ2) is 7.96. The molecule has 0 radical (unpaired) electrons. The Morgan fingerprint density at radius 1 is 0.857 bits per heavy atom. The molecule has 1 aliphatic rings. The molecule has 0 aromatic heterocycles. The Morgan fingerprint density at radius 3 is 2.32 bits per heavy atom. The van der Waals surface area contributed by atoms with Crippen LogP contribution in [-0.4, -0.2) is 5.97 Å². The van der Waals surface area contributed by atoms with Crippen LogP contribution in [0.1, 0.15) is 23.0 Å². The van der Waals surface area contributed by atoms with Crippen molar-refractivity contribution in [2.24, 2.45) is 0 Å². The summed E-state index contributed by atoms with van der Waals surface area (Å²) in [7, 11) is 0. The van der Waals surface area contributed by atoms with Crippen LogP contribution in [0.5, 0.6) is 5.75 Å². The largest absolute Gasteiger partial charge is 0.489 e. The van der Waals surface area contributed by atoms with Gasteiger partial charge in [0.25, 0.3) is 6.29 Å². The maximum absolute atomic E-state index is 13.7. The third-order valence-electron chi connectivity index (χ3n) is 4.27. The van der Waals surface area contributed by atoms with Crippen LogP contribution in [0.15, 0.2) is 84.9 Å². The summed E-state index contributed by atoms with van der Waals surface area (Å²) in [5.41, 5.74) is 1.95. The molecule has 28 heavy (non-hydrogen) atoms. The van der Waals surface area contributed by atoms with E-state index >= 15 is 0 Å². The third kappa shape index (κ3) is 4.04. The van der Waals surface area contributed by atoms with Gasteiger partial charge in [-0.1, -0.05) is 48.5 Å². The van der Waals surface area contributed by atoms with Gasteiger partial charge in [0.05, 0.1) is 6.08 Å². The molecule has 0 spiro atoms. The SMILES string of the molecule is O=C1C=C(c2ccccc2)O[C@H](c2ccc(OCc3ccccc3F)cc2)O1. The van der Waals surface area contributed by atoms with Crippen molar-refractivity contribution in [3.63, 3.8) is 0 Å². The Bertz CT molecular complexity index is 997. The quantitative estimate of drug-likeness (QED) is 0.587. The maximum atomic E-state index is 13.7. The van der Waals surface area contributed by atoms with E-state index in [1.54, 1.807) is 42.5 Å². The van der Waals surface area contributed by atoms with Gasteiger partial charge in [-0.3, -0.25) is 0 Å². The number of cyclic esters (lactones) is 1. The second-order valence-corrected chi connectivity index (χ2v) is 6.21. The summed E-state index contributed by atoms with van der Waals surface area (Å²) in [5.74, 6) is 0.270. The Balaban J connectivity index is 1.44. The zero-order chi connectivity index (χ0) is 19.3. The molecule has 4 rings (SSSR count). The summed E-state index contributed by atoms with van der Waals surface area (Å²) >= 11 is 0. The number of esters is 1. The molecule has 0 aliphatic carbocycles. The van der Waals surface area contributed by atoms with Gasteiger partial charge < -0.3 is 14.2 Å². The highest BCUT2D eigenvalue weighted by molar-refractivity contribution is 5.91. The van der Waals surface area contributed by atoms with Gasteiger partial charge in [0.15, 0.2) is 0 Å². The zero-order valence-electron chi connectivity index (χ0n) is 14.9. The van der Waals surface area contributed by atoms with Gasteiger partial charge in [0, 0.05) is 16.7 Å². The second-order valence-electron chi connectivity index (χ2n) is 6.21. The summed E-state index contributed by atoms with van der Waals surface area (Å²) in [4.78, 5) is 11.9. The highest BCUT2D eigenvalue weighted by Gasteiger charge is 2.25. The first-order chi connectivity index (χ1) is 13.7. The van der Waals surface area contributed by atoms with E-state index in [0.717, 1.165) is 5.56 Å². The van der Waals surface area contributed by atoms with Crippen LogP contribution in [-0.2, 0) is 20.9 Å². The van der Waals surface area contributed by atoms with E-state index in [0.29, 0.717) is 22.6 Å². The molecule has 1 aliphatic heterocycles.